The number of hydrogen-bond acceptors (Lipinski definition) is 3. The zero-order chi connectivity index (χ0) is 13.5. The van der Waals surface area contributed by atoms with Crippen LogP contribution in [0.5, 0.6) is 0 Å². The van der Waals surface area contributed by atoms with E-state index in [9.17, 15) is 9.59 Å². The summed E-state index contributed by atoms with van der Waals surface area (Å²) in [5.41, 5.74) is 1.73. The van der Waals surface area contributed by atoms with Crippen LogP contribution in [0.25, 0.3) is 0 Å². The fourth-order valence-electron chi connectivity index (χ4n) is 1.63. The lowest BCUT2D eigenvalue weighted by Crippen LogP contribution is -2.25. The number of rotatable bonds is 7. The summed E-state index contributed by atoms with van der Waals surface area (Å²) in [6, 6.07) is 0. The number of thiophene rings is 1. The fraction of sp³-hybridized carbons (Fsp3) is 0.538. The van der Waals surface area contributed by atoms with E-state index in [4.69, 9.17) is 5.11 Å². The normalized spacial score (nSPS) is 12.1. The molecule has 1 aromatic heterocycles. The highest BCUT2D eigenvalue weighted by atomic mass is 32.1. The van der Waals surface area contributed by atoms with Crippen LogP contribution < -0.4 is 5.32 Å². The third-order valence-electron chi connectivity index (χ3n) is 2.87. The van der Waals surface area contributed by atoms with Crippen molar-refractivity contribution < 1.29 is 14.7 Å². The number of carboxylic acids is 1. The van der Waals surface area contributed by atoms with Crippen LogP contribution in [0.3, 0.4) is 0 Å². The highest BCUT2D eigenvalue weighted by molar-refractivity contribution is 7.08. The average Bonchev–Trinajstić information content (AvgIpc) is 2.72. The van der Waals surface area contributed by atoms with Gasteiger partial charge in [-0.3, -0.25) is 9.59 Å². The molecule has 0 radical (unpaired) electrons. The van der Waals surface area contributed by atoms with Gasteiger partial charge in [-0.1, -0.05) is 6.92 Å². The first-order valence-corrected chi connectivity index (χ1v) is 6.97. The van der Waals surface area contributed by atoms with E-state index in [1.54, 1.807) is 0 Å². The SMILES string of the molecule is Cc1cscc1C(=O)NCCC(C)CCC(=O)O. The third-order valence-corrected chi connectivity index (χ3v) is 3.74. The molecular weight excluding hydrogens is 250 g/mol. The van der Waals surface area contributed by atoms with Crippen LogP contribution in [0.2, 0.25) is 0 Å². The molecule has 1 amide bonds. The van der Waals surface area contributed by atoms with E-state index in [0.29, 0.717) is 18.9 Å². The zero-order valence-corrected chi connectivity index (χ0v) is 11.5. The molecule has 4 nitrogen and oxygen atoms in total. The van der Waals surface area contributed by atoms with Gasteiger partial charge in [-0.2, -0.15) is 11.3 Å². The van der Waals surface area contributed by atoms with Gasteiger partial charge in [0.05, 0.1) is 5.56 Å². The van der Waals surface area contributed by atoms with Gasteiger partial charge in [0.15, 0.2) is 0 Å². The van der Waals surface area contributed by atoms with Crippen LogP contribution >= 0.6 is 11.3 Å². The van der Waals surface area contributed by atoms with Crippen molar-refractivity contribution in [3.05, 3.63) is 21.9 Å². The maximum absolute atomic E-state index is 11.8. The van der Waals surface area contributed by atoms with Gasteiger partial charge in [0.1, 0.15) is 0 Å². The standard InChI is InChI=1S/C13H19NO3S/c1-9(3-4-12(15)16)5-6-14-13(17)11-8-18-7-10(11)2/h7-9H,3-6H2,1-2H3,(H,14,17)(H,15,16). The van der Waals surface area contributed by atoms with Crippen molar-refractivity contribution in [2.75, 3.05) is 6.54 Å². The Morgan fingerprint density at radius 1 is 1.39 bits per heavy atom. The van der Waals surface area contributed by atoms with Gasteiger partial charge in [0.2, 0.25) is 0 Å². The smallest absolute Gasteiger partial charge is 0.303 e. The largest absolute Gasteiger partial charge is 0.481 e. The summed E-state index contributed by atoms with van der Waals surface area (Å²) < 4.78 is 0. The Balaban J connectivity index is 2.24. The first-order chi connectivity index (χ1) is 8.50. The van der Waals surface area contributed by atoms with Gasteiger partial charge in [-0.05, 0) is 36.6 Å². The Bertz CT molecular complexity index is 414. The number of carbonyl (C=O) groups excluding carboxylic acids is 1. The molecule has 0 aliphatic heterocycles. The maximum atomic E-state index is 11.8. The number of carboxylic acid groups (broad SMARTS) is 1. The molecule has 0 saturated heterocycles. The molecule has 0 fully saturated rings. The quantitative estimate of drug-likeness (QED) is 0.799. The summed E-state index contributed by atoms with van der Waals surface area (Å²) in [6.07, 6.45) is 1.66. The van der Waals surface area contributed by atoms with Crippen molar-refractivity contribution in [3.8, 4) is 0 Å². The molecule has 1 heterocycles. The third kappa shape index (κ3) is 4.87. The minimum absolute atomic E-state index is 0.0424. The summed E-state index contributed by atoms with van der Waals surface area (Å²) >= 11 is 1.52. The molecule has 1 unspecified atom stereocenters. The van der Waals surface area contributed by atoms with Crippen LogP contribution in [0.4, 0.5) is 0 Å². The number of nitrogens with one attached hydrogen (secondary N) is 1. The number of hydrogen-bond donors (Lipinski definition) is 2. The Labute approximate surface area is 111 Å². The van der Waals surface area contributed by atoms with Gasteiger partial charge in [-0.15, -0.1) is 0 Å². The van der Waals surface area contributed by atoms with Crippen LogP contribution in [0, 0.1) is 12.8 Å². The van der Waals surface area contributed by atoms with E-state index in [2.05, 4.69) is 5.32 Å². The van der Waals surface area contributed by atoms with Gasteiger partial charge >= 0.3 is 5.97 Å². The van der Waals surface area contributed by atoms with Crippen LogP contribution in [0.15, 0.2) is 10.8 Å². The highest BCUT2D eigenvalue weighted by Crippen LogP contribution is 2.14. The van der Waals surface area contributed by atoms with Crippen molar-refractivity contribution in [1.29, 1.82) is 0 Å². The summed E-state index contributed by atoms with van der Waals surface area (Å²) in [4.78, 5) is 22.2. The Morgan fingerprint density at radius 3 is 2.67 bits per heavy atom. The second-order valence-corrected chi connectivity index (χ2v) is 5.29. The minimum atomic E-state index is -0.764. The molecule has 2 N–H and O–H groups in total. The predicted octanol–water partition coefficient (Wildman–Crippen LogP) is 2.68. The van der Waals surface area contributed by atoms with Gasteiger partial charge in [0, 0.05) is 18.3 Å². The molecule has 18 heavy (non-hydrogen) atoms. The summed E-state index contributed by atoms with van der Waals surface area (Å²) in [5, 5.41) is 15.2. The molecule has 0 saturated carbocycles. The first-order valence-electron chi connectivity index (χ1n) is 6.03. The predicted molar refractivity (Wildman–Crippen MR) is 72.0 cm³/mol. The Morgan fingerprint density at radius 2 is 2.11 bits per heavy atom. The lowest BCUT2D eigenvalue weighted by atomic mass is 10.0. The molecule has 0 bridgehead atoms. The molecule has 1 atom stereocenters. The Hall–Kier alpha value is -1.36. The number of carbonyl (C=O) groups is 2. The molecule has 0 aliphatic rings. The highest BCUT2D eigenvalue weighted by Gasteiger charge is 2.10. The summed E-state index contributed by atoms with van der Waals surface area (Å²) in [7, 11) is 0. The number of aliphatic carboxylic acids is 1. The van der Waals surface area contributed by atoms with E-state index in [1.807, 2.05) is 24.6 Å². The summed E-state index contributed by atoms with van der Waals surface area (Å²) in [5.74, 6) is -0.496. The van der Waals surface area contributed by atoms with Crippen LogP contribution in [-0.2, 0) is 4.79 Å². The van der Waals surface area contributed by atoms with Crippen molar-refractivity contribution in [1.82, 2.24) is 5.32 Å². The number of amides is 1. The maximum Gasteiger partial charge on any atom is 0.303 e. The number of aryl methyl sites for hydroxylation is 1. The molecule has 0 spiro atoms. The molecule has 1 aromatic rings. The second kappa shape index (κ2) is 7.16. The monoisotopic (exact) mass is 269 g/mol. The zero-order valence-electron chi connectivity index (χ0n) is 10.7. The first kappa shape index (κ1) is 14.7. The van der Waals surface area contributed by atoms with Gasteiger partial charge in [0.25, 0.3) is 5.91 Å². The van der Waals surface area contributed by atoms with Crippen molar-refractivity contribution >= 4 is 23.2 Å². The molecular formula is C13H19NO3S. The van der Waals surface area contributed by atoms with E-state index < -0.39 is 5.97 Å². The van der Waals surface area contributed by atoms with Crippen molar-refractivity contribution in [2.24, 2.45) is 5.92 Å². The molecule has 5 heteroatoms. The molecule has 100 valence electrons. The molecule has 0 aromatic carbocycles. The van der Waals surface area contributed by atoms with Crippen molar-refractivity contribution in [3.63, 3.8) is 0 Å². The second-order valence-electron chi connectivity index (χ2n) is 4.55. The minimum Gasteiger partial charge on any atom is -0.481 e. The molecule has 1 rings (SSSR count). The van der Waals surface area contributed by atoms with E-state index in [1.165, 1.54) is 11.3 Å². The summed E-state index contributed by atoms with van der Waals surface area (Å²) in [6.45, 7) is 4.51. The Kier molecular flexibility index (Phi) is 5.85. The van der Waals surface area contributed by atoms with Crippen molar-refractivity contribution in [2.45, 2.75) is 33.1 Å². The lowest BCUT2D eigenvalue weighted by molar-refractivity contribution is -0.137. The van der Waals surface area contributed by atoms with E-state index in [-0.39, 0.29) is 12.3 Å². The van der Waals surface area contributed by atoms with Crippen LogP contribution in [-0.4, -0.2) is 23.5 Å². The van der Waals surface area contributed by atoms with E-state index in [0.717, 1.165) is 17.5 Å². The lowest BCUT2D eigenvalue weighted by Gasteiger charge is -2.10. The molecule has 0 aliphatic carbocycles. The fourth-order valence-corrected chi connectivity index (χ4v) is 2.46. The average molecular weight is 269 g/mol. The van der Waals surface area contributed by atoms with Gasteiger partial charge in [-0.25, -0.2) is 0 Å². The van der Waals surface area contributed by atoms with Gasteiger partial charge < -0.3 is 10.4 Å². The topological polar surface area (TPSA) is 66.4 Å². The van der Waals surface area contributed by atoms with E-state index >= 15 is 0 Å². The van der Waals surface area contributed by atoms with Crippen LogP contribution in [0.1, 0.15) is 42.1 Å².